The van der Waals surface area contributed by atoms with Crippen LogP contribution in [0.5, 0.6) is 0 Å². The third kappa shape index (κ3) is 34.8. The molecule has 6 N–H and O–H groups in total. The fraction of sp³-hybridized carbons (Fsp3) is 0.661. The topological polar surface area (TPSA) is 149 Å². The van der Waals surface area contributed by atoms with E-state index in [4.69, 9.17) is 9.47 Å². The predicted octanol–water partition coefficient (Wildman–Crippen LogP) is 11.8. The third-order valence-corrected chi connectivity index (χ3v) is 11.3. The van der Waals surface area contributed by atoms with Crippen molar-refractivity contribution < 1.29 is 39.8 Å². The first-order chi connectivity index (χ1) is 31.8. The minimum atomic E-state index is -1.57. The summed E-state index contributed by atoms with van der Waals surface area (Å²) >= 11 is 0. The Kier molecular flexibility index (Phi) is 41.1. The van der Waals surface area contributed by atoms with Crippen LogP contribution in [0.4, 0.5) is 0 Å². The van der Waals surface area contributed by atoms with Gasteiger partial charge in [0, 0.05) is 6.42 Å². The average molecular weight is 908 g/mol. The summed E-state index contributed by atoms with van der Waals surface area (Å²) in [7, 11) is 0. The number of unbranched alkanes of at least 4 members (excludes halogenated alkanes) is 15. The van der Waals surface area contributed by atoms with Crippen molar-refractivity contribution in [3.8, 4) is 0 Å². The Bertz CT molecular complexity index is 1380. The minimum absolute atomic E-state index is 0.195. The lowest BCUT2D eigenvalue weighted by Gasteiger charge is -2.40. The van der Waals surface area contributed by atoms with Gasteiger partial charge in [-0.05, 0) is 77.0 Å². The van der Waals surface area contributed by atoms with Gasteiger partial charge in [-0.1, -0.05) is 207 Å². The van der Waals surface area contributed by atoms with Crippen molar-refractivity contribution in [1.29, 1.82) is 0 Å². The summed E-state index contributed by atoms with van der Waals surface area (Å²) in [5, 5.41) is 53.5. The van der Waals surface area contributed by atoms with E-state index in [-0.39, 0.29) is 12.5 Å². The first-order valence-electron chi connectivity index (χ1n) is 25.6. The van der Waals surface area contributed by atoms with Gasteiger partial charge >= 0.3 is 0 Å². The van der Waals surface area contributed by atoms with E-state index in [0.29, 0.717) is 6.42 Å². The molecule has 0 aliphatic carbocycles. The largest absolute Gasteiger partial charge is 0.394 e. The second kappa shape index (κ2) is 44.7. The molecule has 0 spiro atoms. The molecule has 65 heavy (non-hydrogen) atoms. The fourth-order valence-electron chi connectivity index (χ4n) is 7.30. The highest BCUT2D eigenvalue weighted by Crippen LogP contribution is 2.22. The normalized spacial score (nSPS) is 20.9. The molecule has 1 saturated heterocycles. The second-order valence-electron chi connectivity index (χ2n) is 17.2. The summed E-state index contributed by atoms with van der Waals surface area (Å²) < 4.78 is 11.1. The number of hydrogen-bond acceptors (Lipinski definition) is 8. The van der Waals surface area contributed by atoms with Crippen LogP contribution in [-0.4, -0.2) is 87.5 Å². The lowest BCUT2D eigenvalue weighted by molar-refractivity contribution is -0.302. The van der Waals surface area contributed by atoms with Crippen molar-refractivity contribution in [1.82, 2.24) is 5.32 Å². The van der Waals surface area contributed by atoms with Crippen LogP contribution in [0.25, 0.3) is 0 Å². The van der Waals surface area contributed by atoms with Crippen LogP contribution in [0.1, 0.15) is 181 Å². The maximum atomic E-state index is 12.8. The first kappa shape index (κ1) is 59.9. The number of nitrogens with one attached hydrogen (secondary N) is 1. The molecule has 0 bridgehead atoms. The summed E-state index contributed by atoms with van der Waals surface area (Å²) in [6.07, 6.45) is 59.8. The number of ether oxygens (including phenoxy) is 2. The van der Waals surface area contributed by atoms with Gasteiger partial charge in [-0.15, -0.1) is 0 Å². The van der Waals surface area contributed by atoms with Gasteiger partial charge in [-0.2, -0.15) is 0 Å². The molecular formula is C56H93NO8. The zero-order chi connectivity index (χ0) is 47.3. The van der Waals surface area contributed by atoms with E-state index in [1.807, 2.05) is 13.0 Å². The molecule has 7 unspecified atom stereocenters. The Labute approximate surface area is 396 Å². The average Bonchev–Trinajstić information content (AvgIpc) is 3.30. The van der Waals surface area contributed by atoms with Crippen LogP contribution in [-0.2, 0) is 14.3 Å². The Morgan fingerprint density at radius 2 is 0.954 bits per heavy atom. The molecule has 9 heteroatoms. The molecule has 1 aliphatic heterocycles. The number of rotatable bonds is 41. The van der Waals surface area contributed by atoms with Gasteiger partial charge < -0.3 is 40.3 Å². The fourth-order valence-corrected chi connectivity index (χ4v) is 7.30. The Morgan fingerprint density at radius 3 is 1.38 bits per heavy atom. The summed E-state index contributed by atoms with van der Waals surface area (Å²) in [5.41, 5.74) is 0. The van der Waals surface area contributed by atoms with E-state index in [2.05, 4.69) is 109 Å². The minimum Gasteiger partial charge on any atom is -0.394 e. The first-order valence-corrected chi connectivity index (χ1v) is 25.6. The summed E-state index contributed by atoms with van der Waals surface area (Å²) in [6.45, 7) is 3.42. The van der Waals surface area contributed by atoms with Crippen LogP contribution in [0, 0.1) is 0 Å². The number of hydrogen-bond donors (Lipinski definition) is 6. The lowest BCUT2D eigenvalue weighted by atomic mass is 9.99. The van der Waals surface area contributed by atoms with Crippen molar-refractivity contribution in [3.05, 3.63) is 109 Å². The zero-order valence-electron chi connectivity index (χ0n) is 40.7. The molecule has 0 aromatic carbocycles. The van der Waals surface area contributed by atoms with Crippen molar-refractivity contribution >= 4 is 5.91 Å². The van der Waals surface area contributed by atoms with E-state index in [0.717, 1.165) is 83.5 Å². The maximum Gasteiger partial charge on any atom is 0.220 e. The summed E-state index contributed by atoms with van der Waals surface area (Å²) in [5.74, 6) is -0.195. The van der Waals surface area contributed by atoms with Gasteiger partial charge in [0.2, 0.25) is 5.91 Å². The standard InChI is InChI=1S/C56H93NO8/c1-3-5-7-8-9-10-11-12-13-14-15-16-17-18-19-20-21-22-23-24-25-26-27-28-29-30-31-32-33-34-35-36-37-38-39-40-41-42-44-46-52(60)57-49(50(59)45-43-6-4-2)48-64-56-55(63)54(62)53(61)51(47-58)65-56/h5,7,9-10,12-13,15-16,18-19,21-22,24-25,27-28,43,45,49-51,53-56,58-59,61-63H,3-4,6,8,11,14,17,20,23,26,29-42,44,46-48H2,1-2H3,(H,57,60)/b7-5-,10-9-,13-12-,16-15-,19-18-,22-21-,25-24-,28-27-,45-43+. The molecule has 1 heterocycles. The van der Waals surface area contributed by atoms with Crippen LogP contribution in [0.15, 0.2) is 109 Å². The van der Waals surface area contributed by atoms with Gasteiger partial charge in [0.05, 0.1) is 25.4 Å². The monoisotopic (exact) mass is 908 g/mol. The molecular weight excluding hydrogens is 815 g/mol. The Hall–Kier alpha value is -3.15. The van der Waals surface area contributed by atoms with Gasteiger partial charge in [0.1, 0.15) is 24.4 Å². The van der Waals surface area contributed by atoms with Crippen molar-refractivity contribution in [2.45, 2.75) is 224 Å². The van der Waals surface area contributed by atoms with Crippen molar-refractivity contribution in [2.24, 2.45) is 0 Å². The van der Waals surface area contributed by atoms with E-state index >= 15 is 0 Å². The van der Waals surface area contributed by atoms with Crippen LogP contribution in [0.2, 0.25) is 0 Å². The van der Waals surface area contributed by atoms with Crippen LogP contribution >= 0.6 is 0 Å². The highest BCUT2D eigenvalue weighted by molar-refractivity contribution is 5.76. The molecule has 7 atom stereocenters. The predicted molar refractivity (Wildman–Crippen MR) is 271 cm³/mol. The smallest absolute Gasteiger partial charge is 0.220 e. The molecule has 1 fully saturated rings. The number of amides is 1. The molecule has 1 amide bonds. The Balaban J connectivity index is 1.98. The van der Waals surface area contributed by atoms with Gasteiger partial charge in [0.15, 0.2) is 6.29 Å². The number of carbonyl (C=O) groups excluding carboxylic acids is 1. The van der Waals surface area contributed by atoms with Crippen LogP contribution in [0.3, 0.4) is 0 Å². The van der Waals surface area contributed by atoms with Gasteiger partial charge in [0.25, 0.3) is 0 Å². The van der Waals surface area contributed by atoms with E-state index in [9.17, 15) is 30.3 Å². The highest BCUT2D eigenvalue weighted by Gasteiger charge is 2.44. The highest BCUT2D eigenvalue weighted by atomic mass is 16.7. The quantitative estimate of drug-likeness (QED) is 0.0262. The summed E-state index contributed by atoms with van der Waals surface area (Å²) in [4.78, 5) is 12.8. The number of allylic oxidation sites excluding steroid dienone is 17. The number of aliphatic hydroxyl groups is 5. The maximum absolute atomic E-state index is 12.8. The molecule has 1 rings (SSSR count). The van der Waals surface area contributed by atoms with E-state index in [1.54, 1.807) is 6.08 Å². The SMILES string of the molecule is CC/C=C\C/C=C\C/C=C\C/C=C\C/C=C\C/C=C\C/C=C\C/C=C\CCCCCCCCCCCCCCCCC(=O)NC(COC1OC(CO)C(O)C(O)C1O)C(O)/C=C/CCC. The molecule has 0 aromatic rings. The second-order valence-corrected chi connectivity index (χ2v) is 17.2. The molecule has 0 saturated carbocycles. The lowest BCUT2D eigenvalue weighted by Crippen LogP contribution is -2.60. The molecule has 0 radical (unpaired) electrons. The third-order valence-electron chi connectivity index (χ3n) is 11.3. The van der Waals surface area contributed by atoms with Gasteiger partial charge in [-0.25, -0.2) is 0 Å². The molecule has 0 aromatic heterocycles. The van der Waals surface area contributed by atoms with E-state index in [1.165, 1.54) is 77.0 Å². The Morgan fingerprint density at radius 1 is 0.538 bits per heavy atom. The summed E-state index contributed by atoms with van der Waals surface area (Å²) in [6, 6.07) is -0.805. The number of aliphatic hydroxyl groups excluding tert-OH is 5. The van der Waals surface area contributed by atoms with Crippen LogP contribution < -0.4 is 5.32 Å². The number of carbonyl (C=O) groups is 1. The van der Waals surface area contributed by atoms with E-state index < -0.39 is 49.5 Å². The molecule has 1 aliphatic rings. The van der Waals surface area contributed by atoms with Gasteiger partial charge in [-0.3, -0.25) is 4.79 Å². The zero-order valence-corrected chi connectivity index (χ0v) is 40.7. The molecule has 370 valence electrons. The van der Waals surface area contributed by atoms with Crippen molar-refractivity contribution in [2.75, 3.05) is 13.2 Å². The molecule has 9 nitrogen and oxygen atoms in total. The van der Waals surface area contributed by atoms with Crippen molar-refractivity contribution in [3.63, 3.8) is 0 Å².